The fraction of sp³-hybridized carbons (Fsp3) is 0.111. The number of halogens is 1. The number of nitriles is 1. The third-order valence-electron chi connectivity index (χ3n) is 3.81. The topological polar surface area (TPSA) is 85.0 Å². The molecule has 1 heterocycles. The second-order valence-corrected chi connectivity index (χ2v) is 7.96. The second-order valence-electron chi connectivity index (χ2n) is 5.56. The van der Waals surface area contributed by atoms with Crippen LogP contribution in [-0.2, 0) is 9.84 Å². The molecule has 0 bridgehead atoms. The summed E-state index contributed by atoms with van der Waals surface area (Å²) in [5.41, 5.74) is 2.42. The van der Waals surface area contributed by atoms with Crippen LogP contribution in [0.5, 0.6) is 5.75 Å². The van der Waals surface area contributed by atoms with Crippen LogP contribution in [0, 0.1) is 11.3 Å². The van der Waals surface area contributed by atoms with Gasteiger partial charge in [-0.2, -0.15) is 10.4 Å². The standard InChI is InChI=1S/C18H14ClN3O3S/c1-25-17-8-5-14(9-13(17)11-20)22-16(10-18(19)21-22)12-3-6-15(7-4-12)26(2,23)24/h3-10H,1-2H3. The Hall–Kier alpha value is -2.82. The molecule has 3 rings (SSSR count). The lowest BCUT2D eigenvalue weighted by molar-refractivity contribution is 0.413. The molecule has 0 radical (unpaired) electrons. The Balaban J connectivity index is 2.11. The van der Waals surface area contributed by atoms with Crippen molar-refractivity contribution in [1.29, 1.82) is 5.26 Å². The number of methoxy groups -OCH3 is 1. The summed E-state index contributed by atoms with van der Waals surface area (Å²) in [6.07, 6.45) is 1.16. The normalized spacial score (nSPS) is 11.2. The van der Waals surface area contributed by atoms with Crippen molar-refractivity contribution >= 4 is 21.4 Å². The van der Waals surface area contributed by atoms with E-state index in [2.05, 4.69) is 11.2 Å². The fourth-order valence-corrected chi connectivity index (χ4v) is 3.35. The first-order chi connectivity index (χ1) is 12.3. The van der Waals surface area contributed by atoms with Gasteiger partial charge in [0.2, 0.25) is 0 Å². The molecule has 0 atom stereocenters. The minimum absolute atomic E-state index is 0.231. The number of benzene rings is 2. The molecule has 0 saturated carbocycles. The van der Waals surface area contributed by atoms with Crippen LogP contribution in [0.25, 0.3) is 16.9 Å². The highest BCUT2D eigenvalue weighted by molar-refractivity contribution is 7.90. The number of rotatable bonds is 4. The zero-order valence-corrected chi connectivity index (χ0v) is 15.5. The number of ether oxygens (including phenoxy) is 1. The van der Waals surface area contributed by atoms with E-state index in [0.717, 1.165) is 11.8 Å². The fourth-order valence-electron chi connectivity index (χ4n) is 2.54. The van der Waals surface area contributed by atoms with E-state index in [1.54, 1.807) is 41.1 Å². The second kappa shape index (κ2) is 6.83. The van der Waals surface area contributed by atoms with Crippen molar-refractivity contribution < 1.29 is 13.2 Å². The Morgan fingerprint density at radius 1 is 1.15 bits per heavy atom. The molecular formula is C18H14ClN3O3S. The van der Waals surface area contributed by atoms with E-state index >= 15 is 0 Å². The molecule has 0 amide bonds. The SMILES string of the molecule is COc1ccc(-n2nc(Cl)cc2-c2ccc(S(C)(=O)=O)cc2)cc1C#N. The monoisotopic (exact) mass is 387 g/mol. The van der Waals surface area contributed by atoms with Gasteiger partial charge in [0.05, 0.1) is 29.0 Å². The van der Waals surface area contributed by atoms with E-state index in [4.69, 9.17) is 16.3 Å². The summed E-state index contributed by atoms with van der Waals surface area (Å²) in [5, 5.41) is 13.8. The Kier molecular flexibility index (Phi) is 4.72. The van der Waals surface area contributed by atoms with Gasteiger partial charge in [0, 0.05) is 17.9 Å². The summed E-state index contributed by atoms with van der Waals surface area (Å²) in [5.74, 6) is 0.466. The Morgan fingerprint density at radius 3 is 2.42 bits per heavy atom. The molecule has 0 aliphatic heterocycles. The number of aromatic nitrogens is 2. The minimum Gasteiger partial charge on any atom is -0.495 e. The number of hydrogen-bond acceptors (Lipinski definition) is 5. The maximum Gasteiger partial charge on any atom is 0.175 e. The molecule has 0 aliphatic carbocycles. The summed E-state index contributed by atoms with van der Waals surface area (Å²) >= 11 is 6.08. The third kappa shape index (κ3) is 3.43. The predicted octanol–water partition coefficient (Wildman–Crippen LogP) is 3.48. The highest BCUT2D eigenvalue weighted by Gasteiger charge is 2.14. The molecule has 0 spiro atoms. The molecule has 3 aromatic rings. The lowest BCUT2D eigenvalue weighted by Crippen LogP contribution is -2.01. The summed E-state index contributed by atoms with van der Waals surface area (Å²) in [6.45, 7) is 0. The van der Waals surface area contributed by atoms with Crippen LogP contribution in [0.4, 0.5) is 0 Å². The van der Waals surface area contributed by atoms with Crippen LogP contribution in [0.1, 0.15) is 5.56 Å². The zero-order valence-electron chi connectivity index (χ0n) is 14.0. The molecule has 6 nitrogen and oxygen atoms in total. The smallest absolute Gasteiger partial charge is 0.175 e. The summed E-state index contributed by atoms with van der Waals surface area (Å²) in [7, 11) is -1.78. The molecule has 0 N–H and O–H groups in total. The van der Waals surface area contributed by atoms with Gasteiger partial charge < -0.3 is 4.74 Å². The van der Waals surface area contributed by atoms with Crippen LogP contribution in [-0.4, -0.2) is 31.6 Å². The average molecular weight is 388 g/mol. The first kappa shape index (κ1) is 18.0. The highest BCUT2D eigenvalue weighted by atomic mass is 35.5. The van der Waals surface area contributed by atoms with Gasteiger partial charge in [-0.25, -0.2) is 13.1 Å². The lowest BCUT2D eigenvalue weighted by atomic mass is 10.1. The maximum absolute atomic E-state index is 11.6. The molecule has 8 heteroatoms. The molecule has 0 fully saturated rings. The van der Waals surface area contributed by atoms with Crippen molar-refractivity contribution in [3.8, 4) is 28.8 Å². The Morgan fingerprint density at radius 2 is 1.85 bits per heavy atom. The van der Waals surface area contributed by atoms with E-state index in [9.17, 15) is 13.7 Å². The molecule has 132 valence electrons. The van der Waals surface area contributed by atoms with Gasteiger partial charge >= 0.3 is 0 Å². The van der Waals surface area contributed by atoms with E-state index in [0.29, 0.717) is 22.7 Å². The maximum atomic E-state index is 11.6. The van der Waals surface area contributed by atoms with Gasteiger partial charge in [0.25, 0.3) is 0 Å². The van der Waals surface area contributed by atoms with Crippen molar-refractivity contribution in [2.45, 2.75) is 4.90 Å². The first-order valence-corrected chi connectivity index (χ1v) is 9.75. The summed E-state index contributed by atoms with van der Waals surface area (Å²) in [4.78, 5) is 0.231. The van der Waals surface area contributed by atoms with Crippen LogP contribution in [0.3, 0.4) is 0 Å². The molecule has 0 saturated heterocycles. The molecule has 0 unspecified atom stereocenters. The number of nitrogens with zero attached hydrogens (tertiary/aromatic N) is 3. The van der Waals surface area contributed by atoms with Gasteiger partial charge in [0.1, 0.15) is 11.8 Å². The number of hydrogen-bond donors (Lipinski definition) is 0. The van der Waals surface area contributed by atoms with Crippen molar-refractivity contribution in [2.24, 2.45) is 0 Å². The van der Waals surface area contributed by atoms with Crippen molar-refractivity contribution in [3.05, 3.63) is 59.2 Å². The highest BCUT2D eigenvalue weighted by Crippen LogP contribution is 2.29. The Labute approximate surface area is 156 Å². The largest absolute Gasteiger partial charge is 0.495 e. The van der Waals surface area contributed by atoms with Gasteiger partial charge in [-0.15, -0.1) is 0 Å². The van der Waals surface area contributed by atoms with E-state index in [1.807, 2.05) is 0 Å². The quantitative estimate of drug-likeness (QED) is 0.684. The first-order valence-electron chi connectivity index (χ1n) is 7.48. The van der Waals surface area contributed by atoms with E-state index in [1.165, 1.54) is 19.2 Å². The van der Waals surface area contributed by atoms with Crippen molar-refractivity contribution in [3.63, 3.8) is 0 Å². The zero-order chi connectivity index (χ0) is 18.9. The molecule has 1 aromatic heterocycles. The van der Waals surface area contributed by atoms with Gasteiger partial charge in [-0.1, -0.05) is 23.7 Å². The molecule has 26 heavy (non-hydrogen) atoms. The lowest BCUT2D eigenvalue weighted by Gasteiger charge is -2.10. The third-order valence-corrected chi connectivity index (χ3v) is 5.12. The minimum atomic E-state index is -3.27. The average Bonchev–Trinajstić information content (AvgIpc) is 3.02. The van der Waals surface area contributed by atoms with E-state index in [-0.39, 0.29) is 10.0 Å². The van der Waals surface area contributed by atoms with Gasteiger partial charge in [-0.05, 0) is 30.3 Å². The van der Waals surface area contributed by atoms with Gasteiger partial charge in [-0.3, -0.25) is 0 Å². The van der Waals surface area contributed by atoms with Crippen LogP contribution in [0.15, 0.2) is 53.4 Å². The van der Waals surface area contributed by atoms with Gasteiger partial charge in [0.15, 0.2) is 15.0 Å². The van der Waals surface area contributed by atoms with Crippen LogP contribution >= 0.6 is 11.6 Å². The van der Waals surface area contributed by atoms with E-state index < -0.39 is 9.84 Å². The molecule has 2 aromatic carbocycles. The number of sulfone groups is 1. The summed E-state index contributed by atoms with van der Waals surface area (Å²) in [6, 6.07) is 15.3. The predicted molar refractivity (Wildman–Crippen MR) is 98.4 cm³/mol. The summed E-state index contributed by atoms with van der Waals surface area (Å²) < 4.78 is 30.0. The molecule has 0 aliphatic rings. The van der Waals surface area contributed by atoms with Crippen LogP contribution in [0.2, 0.25) is 5.15 Å². The van der Waals surface area contributed by atoms with Crippen molar-refractivity contribution in [1.82, 2.24) is 9.78 Å². The van der Waals surface area contributed by atoms with Crippen molar-refractivity contribution in [2.75, 3.05) is 13.4 Å². The Bertz CT molecular complexity index is 1110. The molecular weight excluding hydrogens is 374 g/mol. The van der Waals surface area contributed by atoms with Crippen LogP contribution < -0.4 is 4.74 Å².